The number of carboxylic acid groups (broad SMARTS) is 1. The van der Waals surface area contributed by atoms with E-state index in [-0.39, 0.29) is 12.5 Å². The van der Waals surface area contributed by atoms with Crippen molar-refractivity contribution in [2.24, 2.45) is 0 Å². The summed E-state index contributed by atoms with van der Waals surface area (Å²) in [5, 5.41) is 8.67. The van der Waals surface area contributed by atoms with Gasteiger partial charge in [0.2, 0.25) is 0 Å². The molecular weight excluding hydrogens is 166 g/mol. The maximum Gasteiger partial charge on any atom is 0.304 e. The fourth-order valence-corrected chi connectivity index (χ4v) is 1.81. The summed E-state index contributed by atoms with van der Waals surface area (Å²) < 4.78 is 0. The minimum atomic E-state index is -0.683. The van der Waals surface area contributed by atoms with Gasteiger partial charge in [-0.15, -0.1) is 0 Å². The highest BCUT2D eigenvalue weighted by atomic mass is 16.4. The largest absolute Gasteiger partial charge is 0.481 e. The molecule has 3 heteroatoms. The number of nitrogens with zero attached hydrogens (tertiary/aromatic N) is 1. The van der Waals surface area contributed by atoms with Crippen LogP contribution in [0, 0.1) is 0 Å². The van der Waals surface area contributed by atoms with Gasteiger partial charge in [0.05, 0.1) is 6.42 Å². The van der Waals surface area contributed by atoms with Gasteiger partial charge in [-0.2, -0.15) is 0 Å². The Labute approximate surface area is 79.0 Å². The van der Waals surface area contributed by atoms with Crippen molar-refractivity contribution in [3.8, 4) is 0 Å². The molecule has 0 aromatic carbocycles. The second kappa shape index (κ2) is 5.02. The molecule has 3 nitrogen and oxygen atoms in total. The molecule has 1 saturated heterocycles. The van der Waals surface area contributed by atoms with Crippen molar-refractivity contribution >= 4 is 5.97 Å². The lowest BCUT2D eigenvalue weighted by molar-refractivity contribution is -0.138. The van der Waals surface area contributed by atoms with E-state index in [2.05, 4.69) is 11.0 Å². The summed E-state index contributed by atoms with van der Waals surface area (Å²) in [6, 6.07) is 0.258. The van der Waals surface area contributed by atoms with Crippen LogP contribution in [0.3, 0.4) is 0 Å². The third-order valence-corrected chi connectivity index (χ3v) is 2.48. The number of aliphatic carboxylic acids is 1. The quantitative estimate of drug-likeness (QED) is 0.671. The van der Waals surface area contributed by atoms with Crippen molar-refractivity contribution in [1.29, 1.82) is 0 Å². The zero-order valence-electron chi connectivity index (χ0n) is 8.07. The van der Waals surface area contributed by atoms with Gasteiger partial charge in [0.15, 0.2) is 0 Å². The number of rotatable bonds is 4. The van der Waals surface area contributed by atoms with Gasteiger partial charge in [-0.1, -0.05) is 12.2 Å². The van der Waals surface area contributed by atoms with E-state index in [4.69, 9.17) is 5.11 Å². The highest BCUT2D eigenvalue weighted by Gasteiger charge is 2.25. The molecule has 1 N–H and O–H groups in total. The van der Waals surface area contributed by atoms with Crippen LogP contribution in [-0.2, 0) is 4.79 Å². The molecule has 0 amide bonds. The second-order valence-electron chi connectivity index (χ2n) is 3.46. The Balaban J connectivity index is 2.39. The van der Waals surface area contributed by atoms with Crippen LogP contribution in [0.25, 0.3) is 0 Å². The molecule has 0 aromatic heterocycles. The fraction of sp³-hybridized carbons (Fsp3) is 0.700. The second-order valence-corrected chi connectivity index (χ2v) is 3.46. The summed E-state index contributed by atoms with van der Waals surface area (Å²) in [5.74, 6) is -0.683. The molecule has 1 fully saturated rings. The van der Waals surface area contributed by atoms with Gasteiger partial charge in [0.25, 0.3) is 0 Å². The highest BCUT2D eigenvalue weighted by molar-refractivity contribution is 5.67. The van der Waals surface area contributed by atoms with Crippen molar-refractivity contribution in [1.82, 2.24) is 4.90 Å². The molecule has 0 spiro atoms. The van der Waals surface area contributed by atoms with Crippen molar-refractivity contribution in [3.05, 3.63) is 12.2 Å². The highest BCUT2D eigenvalue weighted by Crippen LogP contribution is 2.19. The van der Waals surface area contributed by atoms with Crippen molar-refractivity contribution in [2.45, 2.75) is 32.2 Å². The van der Waals surface area contributed by atoms with Crippen LogP contribution in [-0.4, -0.2) is 35.1 Å². The Hall–Kier alpha value is -0.830. The van der Waals surface area contributed by atoms with E-state index >= 15 is 0 Å². The molecular formula is C10H17NO2. The first kappa shape index (κ1) is 10.3. The summed E-state index contributed by atoms with van der Waals surface area (Å²) >= 11 is 0. The number of carbonyl (C=O) groups is 1. The number of hydrogen-bond acceptors (Lipinski definition) is 2. The third kappa shape index (κ3) is 3.19. The lowest BCUT2D eigenvalue weighted by Crippen LogP contribution is -2.31. The SMILES string of the molecule is C/C=C/CN1CCCC1CC(=O)O. The Morgan fingerprint density at radius 1 is 1.69 bits per heavy atom. The predicted octanol–water partition coefficient (Wildman–Crippen LogP) is 1.50. The maximum absolute atomic E-state index is 10.5. The molecule has 1 aliphatic heterocycles. The first-order chi connectivity index (χ1) is 6.24. The molecule has 74 valence electrons. The smallest absolute Gasteiger partial charge is 0.304 e. The van der Waals surface area contributed by atoms with Crippen molar-refractivity contribution in [2.75, 3.05) is 13.1 Å². The van der Waals surface area contributed by atoms with Crippen LogP contribution < -0.4 is 0 Å². The number of allylic oxidation sites excluding steroid dienone is 1. The van der Waals surface area contributed by atoms with E-state index in [1.165, 1.54) is 0 Å². The summed E-state index contributed by atoms with van der Waals surface area (Å²) in [6.07, 6.45) is 6.55. The van der Waals surface area contributed by atoms with E-state index in [9.17, 15) is 4.79 Å². The van der Waals surface area contributed by atoms with Crippen LogP contribution in [0.2, 0.25) is 0 Å². The van der Waals surface area contributed by atoms with Crippen LogP contribution in [0.4, 0.5) is 0 Å². The zero-order chi connectivity index (χ0) is 9.68. The van der Waals surface area contributed by atoms with E-state index in [0.717, 1.165) is 25.9 Å². The molecule has 0 aliphatic carbocycles. The summed E-state index contributed by atoms with van der Waals surface area (Å²) in [6.45, 7) is 3.93. The Kier molecular flexibility index (Phi) is 3.96. The standard InChI is InChI=1S/C10H17NO2/c1-2-3-6-11-7-4-5-9(11)8-10(12)13/h2-3,9H,4-8H2,1H3,(H,12,13)/b3-2+. The maximum atomic E-state index is 10.5. The molecule has 0 saturated carbocycles. The molecule has 1 aliphatic rings. The molecule has 0 aromatic rings. The lowest BCUT2D eigenvalue weighted by atomic mass is 10.1. The Morgan fingerprint density at radius 3 is 3.08 bits per heavy atom. The van der Waals surface area contributed by atoms with Crippen LogP contribution in [0.15, 0.2) is 12.2 Å². The first-order valence-electron chi connectivity index (χ1n) is 4.81. The van der Waals surface area contributed by atoms with Crippen LogP contribution >= 0.6 is 0 Å². The van der Waals surface area contributed by atoms with Crippen LogP contribution in [0.5, 0.6) is 0 Å². The zero-order valence-corrected chi connectivity index (χ0v) is 8.07. The molecule has 1 heterocycles. The monoisotopic (exact) mass is 183 g/mol. The first-order valence-corrected chi connectivity index (χ1v) is 4.81. The number of likely N-dealkylation sites (tertiary alicyclic amines) is 1. The molecule has 13 heavy (non-hydrogen) atoms. The van der Waals surface area contributed by atoms with E-state index in [1.54, 1.807) is 0 Å². The van der Waals surface area contributed by atoms with E-state index in [0.29, 0.717) is 0 Å². The normalized spacial score (nSPS) is 24.2. The topological polar surface area (TPSA) is 40.5 Å². The minimum absolute atomic E-state index is 0.258. The van der Waals surface area contributed by atoms with Gasteiger partial charge in [0.1, 0.15) is 0 Å². The van der Waals surface area contributed by atoms with Gasteiger partial charge in [-0.25, -0.2) is 0 Å². The minimum Gasteiger partial charge on any atom is -0.481 e. The third-order valence-electron chi connectivity index (χ3n) is 2.48. The van der Waals surface area contributed by atoms with Gasteiger partial charge < -0.3 is 5.11 Å². The lowest BCUT2D eigenvalue weighted by Gasteiger charge is -2.21. The average molecular weight is 183 g/mol. The van der Waals surface area contributed by atoms with Gasteiger partial charge >= 0.3 is 5.97 Å². The Morgan fingerprint density at radius 2 is 2.46 bits per heavy atom. The van der Waals surface area contributed by atoms with E-state index in [1.807, 2.05) is 13.0 Å². The molecule has 0 radical (unpaired) electrons. The molecule has 1 rings (SSSR count). The molecule has 1 atom stereocenters. The van der Waals surface area contributed by atoms with Gasteiger partial charge in [0, 0.05) is 12.6 Å². The summed E-state index contributed by atoms with van der Waals surface area (Å²) in [4.78, 5) is 12.8. The van der Waals surface area contributed by atoms with Gasteiger partial charge in [-0.05, 0) is 26.3 Å². The van der Waals surface area contributed by atoms with Crippen LogP contribution in [0.1, 0.15) is 26.2 Å². The number of hydrogen-bond donors (Lipinski definition) is 1. The molecule has 0 bridgehead atoms. The predicted molar refractivity (Wildman–Crippen MR) is 51.7 cm³/mol. The summed E-state index contributed by atoms with van der Waals surface area (Å²) in [5.41, 5.74) is 0. The Bertz CT molecular complexity index is 201. The van der Waals surface area contributed by atoms with Gasteiger partial charge in [-0.3, -0.25) is 9.69 Å². The van der Waals surface area contributed by atoms with Crippen molar-refractivity contribution in [3.63, 3.8) is 0 Å². The average Bonchev–Trinajstić information content (AvgIpc) is 2.48. The summed E-state index contributed by atoms with van der Waals surface area (Å²) in [7, 11) is 0. The van der Waals surface area contributed by atoms with E-state index < -0.39 is 5.97 Å². The van der Waals surface area contributed by atoms with Crippen molar-refractivity contribution < 1.29 is 9.90 Å². The fourth-order valence-electron chi connectivity index (χ4n) is 1.81. The number of carboxylic acids is 1. The molecule has 1 unspecified atom stereocenters.